The lowest BCUT2D eigenvalue weighted by molar-refractivity contribution is 0.660. The van der Waals surface area contributed by atoms with Crippen LogP contribution in [-0.2, 0) is 5.41 Å². The quantitative estimate of drug-likeness (QED) is 0.160. The maximum atomic E-state index is 7.01. The zero-order valence-electron chi connectivity index (χ0n) is 35.2. The number of fused-ring (bicyclic) bond motifs is 8. The number of anilines is 3. The molecule has 2 heteroatoms. The van der Waals surface area contributed by atoms with Crippen LogP contribution < -0.4 is 4.90 Å². The molecule has 298 valence electrons. The summed E-state index contributed by atoms with van der Waals surface area (Å²) in [6.07, 6.45) is 0. The second kappa shape index (κ2) is 14.6. The summed E-state index contributed by atoms with van der Waals surface area (Å²) in [4.78, 5) is 2.46. The van der Waals surface area contributed by atoms with E-state index in [0.717, 1.165) is 66.6 Å². The largest absolute Gasteiger partial charge is 0.454 e. The fourth-order valence-corrected chi connectivity index (χ4v) is 10.1. The van der Waals surface area contributed by atoms with Crippen LogP contribution in [0.4, 0.5) is 17.1 Å². The number of para-hydroxylation sites is 1. The van der Waals surface area contributed by atoms with Crippen molar-refractivity contribution < 1.29 is 4.42 Å². The number of rotatable bonds is 7. The van der Waals surface area contributed by atoms with Crippen LogP contribution in [0, 0.1) is 0 Å². The fraction of sp³-hybridized carbons (Fsp3) is 0.0492. The summed E-state index contributed by atoms with van der Waals surface area (Å²) >= 11 is 0. The van der Waals surface area contributed by atoms with Crippen LogP contribution in [0.1, 0.15) is 25.0 Å². The molecule has 0 radical (unpaired) electrons. The van der Waals surface area contributed by atoms with E-state index in [4.69, 9.17) is 4.42 Å². The van der Waals surface area contributed by atoms with Crippen LogP contribution in [-0.4, -0.2) is 0 Å². The first-order chi connectivity index (χ1) is 31.0. The van der Waals surface area contributed by atoms with Crippen molar-refractivity contribution in [1.29, 1.82) is 0 Å². The summed E-state index contributed by atoms with van der Waals surface area (Å²) in [6, 6.07) is 81.7. The normalized spacial score (nSPS) is 12.7. The number of benzene rings is 10. The molecule has 0 unspecified atom stereocenters. The summed E-state index contributed by atoms with van der Waals surface area (Å²) in [5.41, 5.74) is 19.3. The molecule has 0 atom stereocenters. The van der Waals surface area contributed by atoms with Gasteiger partial charge in [-0.3, -0.25) is 0 Å². The first kappa shape index (κ1) is 36.9. The Bertz CT molecular complexity index is 3510. The average Bonchev–Trinajstić information content (AvgIpc) is 3.85. The van der Waals surface area contributed by atoms with Crippen LogP contribution in [0.5, 0.6) is 0 Å². The van der Waals surface area contributed by atoms with E-state index < -0.39 is 0 Å². The third-order valence-corrected chi connectivity index (χ3v) is 13.3. The van der Waals surface area contributed by atoms with Gasteiger partial charge in [0.25, 0.3) is 0 Å². The van der Waals surface area contributed by atoms with Gasteiger partial charge in [0.1, 0.15) is 5.58 Å². The van der Waals surface area contributed by atoms with Gasteiger partial charge in [0.15, 0.2) is 5.58 Å². The van der Waals surface area contributed by atoms with Crippen molar-refractivity contribution in [2.75, 3.05) is 4.90 Å². The minimum atomic E-state index is -0.183. The Hall–Kier alpha value is -7.94. The van der Waals surface area contributed by atoms with Crippen LogP contribution in [0.3, 0.4) is 0 Å². The number of hydrogen-bond donors (Lipinski definition) is 0. The van der Waals surface area contributed by atoms with E-state index in [1.54, 1.807) is 0 Å². The van der Waals surface area contributed by atoms with Gasteiger partial charge in [-0.2, -0.15) is 0 Å². The van der Waals surface area contributed by atoms with E-state index in [0.29, 0.717) is 0 Å². The Morgan fingerprint density at radius 1 is 0.365 bits per heavy atom. The van der Waals surface area contributed by atoms with E-state index in [-0.39, 0.29) is 5.41 Å². The second-order valence-electron chi connectivity index (χ2n) is 17.3. The van der Waals surface area contributed by atoms with Crippen molar-refractivity contribution in [3.63, 3.8) is 0 Å². The van der Waals surface area contributed by atoms with Crippen molar-refractivity contribution >= 4 is 49.8 Å². The van der Waals surface area contributed by atoms with Gasteiger partial charge in [-0.1, -0.05) is 202 Å². The Morgan fingerprint density at radius 2 is 0.905 bits per heavy atom. The van der Waals surface area contributed by atoms with E-state index in [2.05, 4.69) is 243 Å². The van der Waals surface area contributed by atoms with Crippen molar-refractivity contribution in [2.24, 2.45) is 0 Å². The Morgan fingerprint density at radius 3 is 1.62 bits per heavy atom. The van der Waals surface area contributed by atoms with E-state index in [1.165, 1.54) is 49.9 Å². The number of nitrogens with zero attached hydrogens (tertiary/aromatic N) is 1. The molecule has 1 aliphatic carbocycles. The molecule has 63 heavy (non-hydrogen) atoms. The molecule has 0 bridgehead atoms. The molecule has 0 spiro atoms. The van der Waals surface area contributed by atoms with Gasteiger partial charge in [-0.05, 0) is 108 Å². The fourth-order valence-electron chi connectivity index (χ4n) is 10.1. The standard InChI is InChI=1S/C61H43NO/c1-61(2)54-23-13-11-21-50(54)51-35-34-48(39-55(51)61)62(57-38-47-19-9-10-20-49(47)59-52-22-12-14-24-58(52)63-60(57)59)56-36-33-46(44-27-25-42(26-28-44)40-15-5-3-6-16-40)37-53(56)45-31-29-43(30-32-45)41-17-7-4-8-18-41/h3-39H,1-2H3. The van der Waals surface area contributed by atoms with Gasteiger partial charge < -0.3 is 9.32 Å². The van der Waals surface area contributed by atoms with Crippen LogP contribution in [0.2, 0.25) is 0 Å². The van der Waals surface area contributed by atoms with Gasteiger partial charge in [-0.15, -0.1) is 0 Å². The minimum absolute atomic E-state index is 0.183. The highest BCUT2D eigenvalue weighted by molar-refractivity contribution is 6.23. The zero-order chi connectivity index (χ0) is 42.1. The highest BCUT2D eigenvalue weighted by Gasteiger charge is 2.36. The second-order valence-corrected chi connectivity index (χ2v) is 17.3. The van der Waals surface area contributed by atoms with Crippen LogP contribution >= 0.6 is 0 Å². The van der Waals surface area contributed by atoms with Gasteiger partial charge in [-0.25, -0.2) is 0 Å². The van der Waals surface area contributed by atoms with E-state index in [9.17, 15) is 0 Å². The Labute approximate surface area is 368 Å². The molecule has 2 nitrogen and oxygen atoms in total. The maximum absolute atomic E-state index is 7.01. The number of hydrogen-bond acceptors (Lipinski definition) is 2. The lowest BCUT2D eigenvalue weighted by Crippen LogP contribution is -2.17. The highest BCUT2D eigenvalue weighted by atomic mass is 16.3. The summed E-state index contributed by atoms with van der Waals surface area (Å²) in [6.45, 7) is 4.72. The predicted molar refractivity (Wildman–Crippen MR) is 265 cm³/mol. The van der Waals surface area contributed by atoms with Crippen LogP contribution in [0.15, 0.2) is 229 Å². The summed E-state index contributed by atoms with van der Waals surface area (Å²) in [5.74, 6) is 0. The summed E-state index contributed by atoms with van der Waals surface area (Å²) in [5, 5.41) is 4.58. The van der Waals surface area contributed by atoms with Crippen molar-refractivity contribution in [1.82, 2.24) is 0 Å². The molecular formula is C61H43NO. The molecule has 10 aromatic carbocycles. The first-order valence-corrected chi connectivity index (χ1v) is 21.8. The first-order valence-electron chi connectivity index (χ1n) is 21.8. The van der Waals surface area contributed by atoms with Gasteiger partial charge >= 0.3 is 0 Å². The van der Waals surface area contributed by atoms with E-state index in [1.807, 2.05) is 0 Å². The summed E-state index contributed by atoms with van der Waals surface area (Å²) < 4.78 is 7.01. The van der Waals surface area contributed by atoms with Crippen molar-refractivity contribution in [3.8, 4) is 55.6 Å². The average molecular weight is 806 g/mol. The lowest BCUT2D eigenvalue weighted by atomic mass is 9.82. The molecule has 12 rings (SSSR count). The molecule has 0 saturated carbocycles. The molecule has 0 fully saturated rings. The molecule has 1 aliphatic rings. The SMILES string of the molecule is CC1(C)c2ccccc2-c2ccc(N(c3ccc(-c4ccc(-c5ccccc5)cc4)cc3-c3ccc(-c4ccccc4)cc3)c3cc4ccccc4c4c3oc3ccccc34)cc21. The molecule has 0 saturated heterocycles. The Kier molecular flexibility index (Phi) is 8.55. The van der Waals surface area contributed by atoms with Crippen molar-refractivity contribution in [3.05, 3.63) is 236 Å². The smallest absolute Gasteiger partial charge is 0.160 e. The van der Waals surface area contributed by atoms with Gasteiger partial charge in [0.2, 0.25) is 0 Å². The summed E-state index contributed by atoms with van der Waals surface area (Å²) in [7, 11) is 0. The zero-order valence-corrected chi connectivity index (χ0v) is 35.2. The molecule has 0 N–H and O–H groups in total. The van der Waals surface area contributed by atoms with Crippen LogP contribution in [0.25, 0.3) is 88.3 Å². The molecule has 11 aromatic rings. The molecule has 0 aliphatic heterocycles. The molecule has 0 amide bonds. The van der Waals surface area contributed by atoms with E-state index >= 15 is 0 Å². The Balaban J connectivity index is 1.12. The minimum Gasteiger partial charge on any atom is -0.454 e. The third-order valence-electron chi connectivity index (χ3n) is 13.3. The third kappa shape index (κ3) is 6.09. The molecule has 1 aromatic heterocycles. The monoisotopic (exact) mass is 805 g/mol. The topological polar surface area (TPSA) is 16.4 Å². The predicted octanol–water partition coefficient (Wildman–Crippen LogP) is 17.2. The van der Waals surface area contributed by atoms with Gasteiger partial charge in [0.05, 0.1) is 11.4 Å². The molecular weight excluding hydrogens is 763 g/mol. The lowest BCUT2D eigenvalue weighted by Gasteiger charge is -2.30. The van der Waals surface area contributed by atoms with Crippen molar-refractivity contribution in [2.45, 2.75) is 19.3 Å². The van der Waals surface area contributed by atoms with Gasteiger partial charge in [0, 0.05) is 27.4 Å². The number of furan rings is 1. The highest BCUT2D eigenvalue weighted by Crippen LogP contribution is 2.53. The maximum Gasteiger partial charge on any atom is 0.160 e. The molecule has 1 heterocycles.